The third kappa shape index (κ3) is 2.03. The van der Waals surface area contributed by atoms with Crippen LogP contribution in [0.1, 0.15) is 20.8 Å². The standard InChI is InChI=1S/C8H8N2O4/c1-13-7(11)5-3-6(8(12)14-2)10-9-4-5/h3-4H,1-2H3. The highest BCUT2D eigenvalue weighted by molar-refractivity contribution is 5.93. The molecule has 6 heteroatoms. The summed E-state index contributed by atoms with van der Waals surface area (Å²) in [5, 5.41) is 6.97. The van der Waals surface area contributed by atoms with Crippen molar-refractivity contribution in [1.82, 2.24) is 10.2 Å². The Morgan fingerprint density at radius 3 is 2.43 bits per heavy atom. The molecule has 0 bridgehead atoms. The lowest BCUT2D eigenvalue weighted by Crippen LogP contribution is -2.09. The van der Waals surface area contributed by atoms with Crippen molar-refractivity contribution >= 4 is 11.9 Å². The number of carbonyl (C=O) groups is 2. The van der Waals surface area contributed by atoms with Crippen LogP contribution in [0.5, 0.6) is 0 Å². The van der Waals surface area contributed by atoms with Crippen molar-refractivity contribution in [2.45, 2.75) is 0 Å². The average Bonchev–Trinajstić information content (AvgIpc) is 2.27. The van der Waals surface area contributed by atoms with Crippen molar-refractivity contribution < 1.29 is 19.1 Å². The van der Waals surface area contributed by atoms with Crippen LogP contribution in [0.2, 0.25) is 0 Å². The lowest BCUT2D eigenvalue weighted by molar-refractivity contribution is 0.0591. The first kappa shape index (κ1) is 10.1. The SMILES string of the molecule is COC(=O)c1cnnc(C(=O)OC)c1. The maximum atomic E-state index is 11.0. The van der Waals surface area contributed by atoms with Crippen LogP contribution in [0.25, 0.3) is 0 Å². The van der Waals surface area contributed by atoms with Crippen LogP contribution in [0, 0.1) is 0 Å². The van der Waals surface area contributed by atoms with Gasteiger partial charge in [0, 0.05) is 0 Å². The normalized spacial score (nSPS) is 9.29. The molecule has 1 rings (SSSR count). The van der Waals surface area contributed by atoms with Gasteiger partial charge in [0.15, 0.2) is 5.69 Å². The van der Waals surface area contributed by atoms with Gasteiger partial charge in [-0.1, -0.05) is 0 Å². The van der Waals surface area contributed by atoms with Crippen molar-refractivity contribution in [3.05, 3.63) is 23.5 Å². The van der Waals surface area contributed by atoms with E-state index in [4.69, 9.17) is 0 Å². The minimum atomic E-state index is -0.650. The third-order valence-corrected chi connectivity index (χ3v) is 1.47. The summed E-state index contributed by atoms with van der Waals surface area (Å²) in [6.07, 6.45) is 1.21. The first-order chi connectivity index (χ1) is 6.69. The van der Waals surface area contributed by atoms with Gasteiger partial charge >= 0.3 is 11.9 Å². The zero-order valence-corrected chi connectivity index (χ0v) is 7.68. The zero-order valence-electron chi connectivity index (χ0n) is 7.68. The maximum absolute atomic E-state index is 11.0. The summed E-state index contributed by atoms with van der Waals surface area (Å²) in [6, 6.07) is 1.25. The van der Waals surface area contributed by atoms with Crippen molar-refractivity contribution in [1.29, 1.82) is 0 Å². The summed E-state index contributed by atoms with van der Waals surface area (Å²) >= 11 is 0. The topological polar surface area (TPSA) is 78.4 Å². The molecule has 6 nitrogen and oxygen atoms in total. The lowest BCUT2D eigenvalue weighted by atomic mass is 10.2. The van der Waals surface area contributed by atoms with Crippen molar-refractivity contribution in [2.75, 3.05) is 14.2 Å². The number of ether oxygens (including phenoxy) is 2. The summed E-state index contributed by atoms with van der Waals surface area (Å²) in [4.78, 5) is 22.0. The van der Waals surface area contributed by atoms with Gasteiger partial charge in [-0.15, -0.1) is 5.10 Å². The number of methoxy groups -OCH3 is 2. The van der Waals surface area contributed by atoms with E-state index in [0.717, 1.165) is 0 Å². The van der Waals surface area contributed by atoms with Gasteiger partial charge < -0.3 is 9.47 Å². The molecule has 0 saturated heterocycles. The van der Waals surface area contributed by atoms with E-state index < -0.39 is 11.9 Å². The van der Waals surface area contributed by atoms with E-state index in [0.29, 0.717) is 0 Å². The van der Waals surface area contributed by atoms with Gasteiger partial charge in [-0.25, -0.2) is 9.59 Å². The molecule has 1 aromatic rings. The first-order valence-electron chi connectivity index (χ1n) is 3.68. The monoisotopic (exact) mass is 196 g/mol. The Labute approximate surface area is 79.8 Å². The maximum Gasteiger partial charge on any atom is 0.358 e. The van der Waals surface area contributed by atoms with Gasteiger partial charge in [0.05, 0.1) is 26.0 Å². The number of carbonyl (C=O) groups excluding carboxylic acids is 2. The molecule has 0 radical (unpaired) electrons. The highest BCUT2D eigenvalue weighted by Crippen LogP contribution is 2.02. The molecule has 0 aliphatic rings. The molecular weight excluding hydrogens is 188 g/mol. The van der Waals surface area contributed by atoms with Crippen molar-refractivity contribution in [2.24, 2.45) is 0 Å². The Morgan fingerprint density at radius 2 is 1.86 bits per heavy atom. The molecule has 14 heavy (non-hydrogen) atoms. The molecule has 74 valence electrons. The Morgan fingerprint density at radius 1 is 1.21 bits per heavy atom. The molecule has 0 aliphatic carbocycles. The number of rotatable bonds is 2. The van der Waals surface area contributed by atoms with Gasteiger partial charge in [0.1, 0.15) is 0 Å². The van der Waals surface area contributed by atoms with E-state index in [1.807, 2.05) is 0 Å². The fourth-order valence-corrected chi connectivity index (χ4v) is 0.800. The smallest absolute Gasteiger partial charge is 0.358 e. The first-order valence-corrected chi connectivity index (χ1v) is 3.68. The highest BCUT2D eigenvalue weighted by Gasteiger charge is 2.12. The Bertz CT molecular complexity index is 333. The van der Waals surface area contributed by atoms with Crippen LogP contribution < -0.4 is 0 Å². The van der Waals surface area contributed by atoms with E-state index >= 15 is 0 Å². The Kier molecular flexibility index (Phi) is 3.11. The second-order valence-corrected chi connectivity index (χ2v) is 2.31. The molecule has 0 spiro atoms. The average molecular weight is 196 g/mol. The zero-order chi connectivity index (χ0) is 10.6. The number of nitrogens with zero attached hydrogens (tertiary/aromatic N) is 2. The second kappa shape index (κ2) is 4.31. The van der Waals surface area contributed by atoms with E-state index in [9.17, 15) is 9.59 Å². The summed E-state index contributed by atoms with van der Waals surface area (Å²) < 4.78 is 8.86. The molecule has 0 aromatic carbocycles. The number of aromatic nitrogens is 2. The predicted molar refractivity (Wildman–Crippen MR) is 44.7 cm³/mol. The molecule has 0 saturated carbocycles. The quantitative estimate of drug-likeness (QED) is 0.622. The largest absolute Gasteiger partial charge is 0.465 e. The second-order valence-electron chi connectivity index (χ2n) is 2.31. The molecule has 0 atom stereocenters. The number of esters is 2. The van der Waals surface area contributed by atoms with Crippen LogP contribution in [-0.2, 0) is 9.47 Å². The van der Waals surface area contributed by atoms with Gasteiger partial charge in [-0.2, -0.15) is 5.10 Å². The van der Waals surface area contributed by atoms with Crippen LogP contribution >= 0.6 is 0 Å². The molecule has 0 unspecified atom stereocenters. The predicted octanol–water partition coefficient (Wildman–Crippen LogP) is 0.0498. The summed E-state index contributed by atoms with van der Waals surface area (Å²) in [5.41, 5.74) is 0.123. The van der Waals surface area contributed by atoms with Crippen LogP contribution in [0.4, 0.5) is 0 Å². The lowest BCUT2D eigenvalue weighted by Gasteiger charge is -1.99. The van der Waals surface area contributed by atoms with Crippen molar-refractivity contribution in [3.63, 3.8) is 0 Å². The molecule has 0 aliphatic heterocycles. The van der Waals surface area contributed by atoms with Gasteiger partial charge in [0.25, 0.3) is 0 Å². The Hall–Kier alpha value is -1.98. The minimum Gasteiger partial charge on any atom is -0.465 e. The van der Waals surface area contributed by atoms with E-state index in [2.05, 4.69) is 19.7 Å². The van der Waals surface area contributed by atoms with Crippen LogP contribution in [0.15, 0.2) is 12.3 Å². The Balaban J connectivity index is 3.01. The number of hydrogen-bond acceptors (Lipinski definition) is 6. The van der Waals surface area contributed by atoms with E-state index in [1.165, 1.54) is 26.5 Å². The highest BCUT2D eigenvalue weighted by atomic mass is 16.5. The summed E-state index contributed by atoms with van der Waals surface area (Å²) in [5.74, 6) is -1.23. The summed E-state index contributed by atoms with van der Waals surface area (Å²) in [6.45, 7) is 0. The molecular formula is C8H8N2O4. The van der Waals surface area contributed by atoms with Gasteiger partial charge in [0.2, 0.25) is 0 Å². The summed E-state index contributed by atoms with van der Waals surface area (Å²) in [7, 11) is 2.45. The van der Waals surface area contributed by atoms with Crippen LogP contribution in [0.3, 0.4) is 0 Å². The van der Waals surface area contributed by atoms with E-state index in [-0.39, 0.29) is 11.3 Å². The molecule has 0 N–H and O–H groups in total. The molecule has 1 heterocycles. The van der Waals surface area contributed by atoms with Crippen molar-refractivity contribution in [3.8, 4) is 0 Å². The molecule has 0 fully saturated rings. The van der Waals surface area contributed by atoms with Gasteiger partial charge in [-0.05, 0) is 6.07 Å². The van der Waals surface area contributed by atoms with Crippen LogP contribution in [-0.4, -0.2) is 36.4 Å². The number of hydrogen-bond donors (Lipinski definition) is 0. The third-order valence-electron chi connectivity index (χ3n) is 1.47. The van der Waals surface area contributed by atoms with E-state index in [1.54, 1.807) is 0 Å². The fourth-order valence-electron chi connectivity index (χ4n) is 0.800. The van der Waals surface area contributed by atoms with Gasteiger partial charge in [-0.3, -0.25) is 0 Å². The minimum absolute atomic E-state index is 0.0320. The fraction of sp³-hybridized carbons (Fsp3) is 0.250. The molecule has 0 amide bonds. The molecule has 1 aromatic heterocycles.